The van der Waals surface area contributed by atoms with Gasteiger partial charge >= 0.3 is 0 Å². The Labute approximate surface area is 112 Å². The first-order valence-corrected chi connectivity index (χ1v) is 7.68. The van der Waals surface area contributed by atoms with Crippen molar-refractivity contribution in [2.45, 2.75) is 58.1 Å². The summed E-state index contributed by atoms with van der Waals surface area (Å²) in [5.41, 5.74) is 6.41. The second-order valence-corrected chi connectivity index (χ2v) is 6.48. The van der Waals surface area contributed by atoms with Crippen LogP contribution in [0, 0.1) is 11.8 Å². The third kappa shape index (κ3) is 2.73. The molecule has 0 amide bonds. The summed E-state index contributed by atoms with van der Waals surface area (Å²) in [6.07, 6.45) is 5.46. The average Bonchev–Trinajstić information content (AvgIpc) is 2.30. The summed E-state index contributed by atoms with van der Waals surface area (Å²) in [7, 11) is 0. The lowest BCUT2D eigenvalue weighted by Crippen LogP contribution is -2.64. The summed E-state index contributed by atoms with van der Waals surface area (Å²) in [5, 5.41) is 0. The van der Waals surface area contributed by atoms with E-state index < -0.39 is 0 Å². The highest BCUT2D eigenvalue weighted by atomic mass is 16.5. The number of hydrogen-bond donors (Lipinski definition) is 1. The molecular formula is C15H30N2O. The summed E-state index contributed by atoms with van der Waals surface area (Å²) < 4.78 is 5.73. The van der Waals surface area contributed by atoms with Crippen molar-refractivity contribution in [3.05, 3.63) is 0 Å². The van der Waals surface area contributed by atoms with E-state index in [0.717, 1.165) is 25.0 Å². The minimum Gasteiger partial charge on any atom is -0.378 e. The minimum absolute atomic E-state index is 0.326. The Kier molecular flexibility index (Phi) is 4.68. The van der Waals surface area contributed by atoms with Gasteiger partial charge in [0.25, 0.3) is 0 Å². The topological polar surface area (TPSA) is 38.5 Å². The second-order valence-electron chi connectivity index (χ2n) is 6.48. The zero-order valence-corrected chi connectivity index (χ0v) is 12.3. The van der Waals surface area contributed by atoms with Gasteiger partial charge in [-0.1, -0.05) is 13.8 Å². The zero-order valence-electron chi connectivity index (χ0n) is 12.3. The Hall–Kier alpha value is -0.120. The van der Waals surface area contributed by atoms with Crippen molar-refractivity contribution in [2.24, 2.45) is 17.6 Å². The van der Waals surface area contributed by atoms with E-state index in [1.54, 1.807) is 0 Å². The molecule has 0 radical (unpaired) electrons. The van der Waals surface area contributed by atoms with Crippen LogP contribution < -0.4 is 5.73 Å². The maximum atomic E-state index is 6.08. The molecule has 106 valence electrons. The fraction of sp³-hybridized carbons (Fsp3) is 1.00. The molecule has 0 atom stereocenters. The molecule has 2 N–H and O–H groups in total. The molecule has 0 aromatic carbocycles. The Bertz CT molecular complexity index is 253. The highest BCUT2D eigenvalue weighted by molar-refractivity contribution is 5.05. The van der Waals surface area contributed by atoms with Crippen LogP contribution in [0.4, 0.5) is 0 Å². The van der Waals surface area contributed by atoms with Crippen LogP contribution in [0.1, 0.15) is 46.5 Å². The molecule has 0 bridgehead atoms. The van der Waals surface area contributed by atoms with Crippen LogP contribution in [-0.2, 0) is 4.74 Å². The number of hydrogen-bond acceptors (Lipinski definition) is 3. The molecule has 18 heavy (non-hydrogen) atoms. The monoisotopic (exact) mass is 254 g/mol. The van der Waals surface area contributed by atoms with Crippen molar-refractivity contribution in [1.82, 2.24) is 4.90 Å². The molecule has 1 saturated heterocycles. The fourth-order valence-electron chi connectivity index (χ4n) is 3.67. The lowest BCUT2D eigenvalue weighted by molar-refractivity contribution is -0.0730. The molecule has 0 aromatic heterocycles. The number of nitrogens with two attached hydrogens (primary N) is 1. The SMILES string of the molecule is CCOC1CCN(C2(CN)CC(C(C)C)C2)CC1. The van der Waals surface area contributed by atoms with Crippen LogP contribution in [0.2, 0.25) is 0 Å². The normalized spacial score (nSPS) is 34.8. The molecule has 1 saturated carbocycles. The van der Waals surface area contributed by atoms with Gasteiger partial charge in [0.05, 0.1) is 6.10 Å². The maximum Gasteiger partial charge on any atom is 0.0599 e. The molecule has 0 aromatic rings. The minimum atomic E-state index is 0.326. The van der Waals surface area contributed by atoms with E-state index in [1.165, 1.54) is 38.8 Å². The van der Waals surface area contributed by atoms with Gasteiger partial charge in [-0.2, -0.15) is 0 Å². The van der Waals surface area contributed by atoms with Gasteiger partial charge in [-0.25, -0.2) is 0 Å². The lowest BCUT2D eigenvalue weighted by Gasteiger charge is -2.57. The molecule has 2 fully saturated rings. The third-order valence-electron chi connectivity index (χ3n) is 5.12. The van der Waals surface area contributed by atoms with Gasteiger partial charge in [0, 0.05) is 31.8 Å². The average molecular weight is 254 g/mol. The van der Waals surface area contributed by atoms with Crippen molar-refractivity contribution >= 4 is 0 Å². The molecule has 3 heteroatoms. The summed E-state index contributed by atoms with van der Waals surface area (Å²) >= 11 is 0. The molecule has 3 nitrogen and oxygen atoms in total. The molecule has 0 spiro atoms. The number of rotatable bonds is 5. The van der Waals surface area contributed by atoms with Gasteiger partial charge in [-0.15, -0.1) is 0 Å². The van der Waals surface area contributed by atoms with Gasteiger partial charge in [0.1, 0.15) is 0 Å². The largest absolute Gasteiger partial charge is 0.378 e. The van der Waals surface area contributed by atoms with Crippen molar-refractivity contribution in [2.75, 3.05) is 26.2 Å². The summed E-state index contributed by atoms with van der Waals surface area (Å²) in [6, 6.07) is 0. The highest BCUT2D eigenvalue weighted by Gasteiger charge is 2.48. The van der Waals surface area contributed by atoms with Crippen LogP contribution in [0.3, 0.4) is 0 Å². The molecule has 2 aliphatic rings. The van der Waals surface area contributed by atoms with Crippen LogP contribution in [0.5, 0.6) is 0 Å². The molecular weight excluding hydrogens is 224 g/mol. The van der Waals surface area contributed by atoms with E-state index in [2.05, 4.69) is 25.7 Å². The van der Waals surface area contributed by atoms with Gasteiger partial charge in [-0.3, -0.25) is 4.90 Å². The number of piperidine rings is 1. The maximum absolute atomic E-state index is 6.08. The molecule has 1 heterocycles. The van der Waals surface area contributed by atoms with E-state index in [-0.39, 0.29) is 0 Å². The van der Waals surface area contributed by atoms with E-state index >= 15 is 0 Å². The first-order chi connectivity index (χ1) is 8.61. The highest BCUT2D eigenvalue weighted by Crippen LogP contribution is 2.46. The lowest BCUT2D eigenvalue weighted by atomic mass is 9.62. The van der Waals surface area contributed by atoms with Crippen LogP contribution in [0.25, 0.3) is 0 Å². The van der Waals surface area contributed by atoms with Crippen molar-refractivity contribution in [3.8, 4) is 0 Å². The molecule has 1 aliphatic heterocycles. The van der Waals surface area contributed by atoms with Gasteiger partial charge in [0.2, 0.25) is 0 Å². The molecule has 0 unspecified atom stereocenters. The van der Waals surface area contributed by atoms with Crippen molar-refractivity contribution in [3.63, 3.8) is 0 Å². The van der Waals surface area contributed by atoms with E-state index in [0.29, 0.717) is 11.6 Å². The second kappa shape index (κ2) is 5.89. The van der Waals surface area contributed by atoms with Crippen LogP contribution in [-0.4, -0.2) is 42.8 Å². The summed E-state index contributed by atoms with van der Waals surface area (Å²) in [4.78, 5) is 2.65. The first-order valence-electron chi connectivity index (χ1n) is 7.68. The molecule has 1 aliphatic carbocycles. The molecule has 2 rings (SSSR count). The predicted molar refractivity (Wildman–Crippen MR) is 75.6 cm³/mol. The van der Waals surface area contributed by atoms with Gasteiger partial charge in [-0.05, 0) is 44.4 Å². The van der Waals surface area contributed by atoms with E-state index in [4.69, 9.17) is 10.5 Å². The van der Waals surface area contributed by atoms with E-state index in [1.807, 2.05) is 0 Å². The standard InChI is InChI=1S/C15H30N2O/c1-4-18-14-5-7-17(8-6-14)15(11-16)9-13(10-15)12(2)3/h12-14H,4-11,16H2,1-3H3. The Balaban J connectivity index is 1.84. The Morgan fingerprint density at radius 3 is 2.33 bits per heavy atom. The third-order valence-corrected chi connectivity index (χ3v) is 5.12. The van der Waals surface area contributed by atoms with E-state index in [9.17, 15) is 0 Å². The number of likely N-dealkylation sites (tertiary alicyclic amines) is 1. The zero-order chi connectivity index (χ0) is 13.2. The fourth-order valence-corrected chi connectivity index (χ4v) is 3.67. The predicted octanol–water partition coefficient (Wildman–Crippen LogP) is 2.25. The Morgan fingerprint density at radius 2 is 1.89 bits per heavy atom. The quantitative estimate of drug-likeness (QED) is 0.818. The van der Waals surface area contributed by atoms with Crippen molar-refractivity contribution < 1.29 is 4.74 Å². The number of ether oxygens (including phenoxy) is 1. The van der Waals surface area contributed by atoms with Crippen molar-refractivity contribution in [1.29, 1.82) is 0 Å². The van der Waals surface area contributed by atoms with Crippen LogP contribution >= 0.6 is 0 Å². The summed E-state index contributed by atoms with van der Waals surface area (Å²) in [6.45, 7) is 10.8. The first kappa shape index (κ1) is 14.3. The van der Waals surface area contributed by atoms with Gasteiger partial charge in [0.15, 0.2) is 0 Å². The number of nitrogens with zero attached hydrogens (tertiary/aromatic N) is 1. The Morgan fingerprint density at radius 1 is 1.28 bits per heavy atom. The van der Waals surface area contributed by atoms with Crippen LogP contribution in [0.15, 0.2) is 0 Å². The van der Waals surface area contributed by atoms with Gasteiger partial charge < -0.3 is 10.5 Å². The smallest absolute Gasteiger partial charge is 0.0599 e. The summed E-state index contributed by atoms with van der Waals surface area (Å²) in [5.74, 6) is 1.70.